The van der Waals surface area contributed by atoms with E-state index >= 15 is 0 Å². The topological polar surface area (TPSA) is 60.5 Å². The molecule has 0 amide bonds. The molecule has 0 radical (unpaired) electrons. The second kappa shape index (κ2) is 7.10. The zero-order valence-electron chi connectivity index (χ0n) is 16.1. The Morgan fingerprint density at radius 3 is 2.37 bits per heavy atom. The lowest BCUT2D eigenvalue weighted by Gasteiger charge is -2.38. The van der Waals surface area contributed by atoms with Crippen LogP contribution in [0.2, 0.25) is 5.02 Å². The summed E-state index contributed by atoms with van der Waals surface area (Å²) in [5.74, 6) is -2.82. The van der Waals surface area contributed by atoms with Crippen molar-refractivity contribution in [2.24, 2.45) is 5.92 Å². The fourth-order valence-electron chi connectivity index (χ4n) is 4.11. The molecule has 154 valence electrons. The summed E-state index contributed by atoms with van der Waals surface area (Å²) in [5, 5.41) is 18.7. The van der Waals surface area contributed by atoms with Crippen LogP contribution in [0, 0.1) is 17.2 Å². The van der Waals surface area contributed by atoms with Crippen molar-refractivity contribution in [2.45, 2.75) is 18.8 Å². The second-order valence-electron chi connectivity index (χ2n) is 7.79. The highest BCUT2D eigenvalue weighted by Gasteiger charge is 2.56. The minimum absolute atomic E-state index is 0.110. The maximum Gasteiger partial charge on any atom is 0.252 e. The smallest absolute Gasteiger partial charge is 0.252 e. The van der Waals surface area contributed by atoms with E-state index in [1.807, 2.05) is 30.3 Å². The van der Waals surface area contributed by atoms with Crippen molar-refractivity contribution in [1.29, 1.82) is 5.26 Å². The van der Waals surface area contributed by atoms with Crippen molar-refractivity contribution in [2.75, 3.05) is 36.0 Å². The standard InChI is InChI=1S/C21H19ClF2N6/c22-16-3-1-2-4-18(16)29-9-7-28(8-10-29)17-5-6-30-19(11-14-12-21(14,23)24)26-27-20(30)15(17)13-25/h1-6,14H,7-12H2/t14-/m1/s1. The summed E-state index contributed by atoms with van der Waals surface area (Å²) in [4.78, 5) is 4.38. The number of piperazine rings is 1. The Bertz CT molecular complexity index is 1150. The Balaban J connectivity index is 1.38. The van der Waals surface area contributed by atoms with Gasteiger partial charge in [-0.25, -0.2) is 8.78 Å². The quantitative estimate of drug-likeness (QED) is 0.633. The lowest BCUT2D eigenvalue weighted by Crippen LogP contribution is -2.47. The van der Waals surface area contributed by atoms with Crippen LogP contribution in [-0.4, -0.2) is 46.7 Å². The van der Waals surface area contributed by atoms with Crippen LogP contribution in [0.25, 0.3) is 5.65 Å². The average Bonchev–Trinajstić information content (AvgIpc) is 3.15. The molecule has 5 rings (SSSR count). The summed E-state index contributed by atoms with van der Waals surface area (Å²) in [6.07, 6.45) is 1.83. The largest absolute Gasteiger partial charge is 0.367 e. The molecule has 6 nitrogen and oxygen atoms in total. The SMILES string of the molecule is N#Cc1c(N2CCN(c3ccccc3Cl)CC2)ccn2c(C[C@@H]3CC3(F)F)nnc12. The minimum atomic E-state index is -2.61. The van der Waals surface area contributed by atoms with Crippen LogP contribution < -0.4 is 9.80 Å². The van der Waals surface area contributed by atoms with E-state index in [2.05, 4.69) is 26.1 Å². The number of nitrogens with zero attached hydrogens (tertiary/aromatic N) is 6. The molecule has 2 aliphatic rings. The number of fused-ring (bicyclic) bond motifs is 1. The van der Waals surface area contributed by atoms with Gasteiger partial charge in [0.05, 0.1) is 16.4 Å². The van der Waals surface area contributed by atoms with E-state index in [9.17, 15) is 14.0 Å². The number of para-hydroxylation sites is 1. The van der Waals surface area contributed by atoms with Gasteiger partial charge in [-0.1, -0.05) is 23.7 Å². The van der Waals surface area contributed by atoms with E-state index in [1.54, 1.807) is 10.6 Å². The van der Waals surface area contributed by atoms with Gasteiger partial charge in [-0.3, -0.25) is 4.40 Å². The number of rotatable bonds is 4. The number of benzene rings is 1. The van der Waals surface area contributed by atoms with Gasteiger partial charge in [0.15, 0.2) is 5.65 Å². The minimum Gasteiger partial charge on any atom is -0.367 e. The average molecular weight is 429 g/mol. The molecule has 0 spiro atoms. The predicted octanol–water partition coefficient (Wildman–Crippen LogP) is 3.78. The second-order valence-corrected chi connectivity index (χ2v) is 8.20. The highest BCUT2D eigenvalue weighted by atomic mass is 35.5. The molecule has 3 aromatic rings. The molecule has 2 aromatic heterocycles. The maximum absolute atomic E-state index is 13.3. The van der Waals surface area contributed by atoms with E-state index in [-0.39, 0.29) is 12.8 Å². The Morgan fingerprint density at radius 2 is 1.73 bits per heavy atom. The Morgan fingerprint density at radius 1 is 1.07 bits per heavy atom. The normalized spacial score (nSPS) is 20.4. The van der Waals surface area contributed by atoms with Gasteiger partial charge in [-0.2, -0.15) is 5.26 Å². The van der Waals surface area contributed by atoms with Crippen molar-refractivity contribution in [3.8, 4) is 6.07 Å². The molecule has 2 fully saturated rings. The number of halogens is 3. The molecule has 0 N–H and O–H groups in total. The van der Waals surface area contributed by atoms with Crippen LogP contribution in [0.4, 0.5) is 20.2 Å². The third-order valence-electron chi connectivity index (χ3n) is 5.94. The van der Waals surface area contributed by atoms with Gasteiger partial charge in [0.1, 0.15) is 17.5 Å². The Labute approximate surface area is 177 Å². The zero-order chi connectivity index (χ0) is 20.9. The van der Waals surface area contributed by atoms with Crippen molar-refractivity contribution < 1.29 is 8.78 Å². The Kier molecular flexibility index (Phi) is 4.51. The van der Waals surface area contributed by atoms with Crippen molar-refractivity contribution >= 4 is 28.6 Å². The highest BCUT2D eigenvalue weighted by molar-refractivity contribution is 6.33. The van der Waals surface area contributed by atoms with Gasteiger partial charge in [0.2, 0.25) is 0 Å². The summed E-state index contributed by atoms with van der Waals surface area (Å²) < 4.78 is 28.2. The van der Waals surface area contributed by atoms with E-state index in [4.69, 9.17) is 11.6 Å². The first kappa shape index (κ1) is 19.1. The van der Waals surface area contributed by atoms with Crippen molar-refractivity contribution in [3.05, 3.63) is 52.9 Å². The molecular formula is C21H19ClF2N6. The van der Waals surface area contributed by atoms with E-state index in [0.29, 0.717) is 17.0 Å². The molecule has 1 aliphatic carbocycles. The summed E-state index contributed by atoms with van der Waals surface area (Å²) >= 11 is 6.32. The van der Waals surface area contributed by atoms with Crippen LogP contribution in [0.1, 0.15) is 17.8 Å². The lowest BCUT2D eigenvalue weighted by molar-refractivity contribution is 0.0984. The van der Waals surface area contributed by atoms with Crippen molar-refractivity contribution in [1.82, 2.24) is 14.6 Å². The maximum atomic E-state index is 13.3. The summed E-state index contributed by atoms with van der Waals surface area (Å²) in [5.41, 5.74) is 2.64. The molecule has 9 heteroatoms. The molecule has 3 heterocycles. The molecular weight excluding hydrogens is 410 g/mol. The van der Waals surface area contributed by atoms with E-state index in [0.717, 1.165) is 42.6 Å². The molecule has 30 heavy (non-hydrogen) atoms. The van der Waals surface area contributed by atoms with Gasteiger partial charge in [-0.05, 0) is 18.2 Å². The number of alkyl halides is 2. The first-order chi connectivity index (χ1) is 14.5. The molecule has 1 saturated heterocycles. The number of hydrogen-bond acceptors (Lipinski definition) is 5. The lowest BCUT2D eigenvalue weighted by atomic mass is 10.1. The van der Waals surface area contributed by atoms with Crippen LogP contribution in [0.15, 0.2) is 36.5 Å². The molecule has 1 atom stereocenters. The van der Waals surface area contributed by atoms with Crippen molar-refractivity contribution in [3.63, 3.8) is 0 Å². The fraction of sp³-hybridized carbons (Fsp3) is 0.381. The number of nitriles is 1. The van der Waals surface area contributed by atoms with Gasteiger partial charge >= 0.3 is 0 Å². The monoisotopic (exact) mass is 428 g/mol. The first-order valence-corrected chi connectivity index (χ1v) is 10.2. The summed E-state index contributed by atoms with van der Waals surface area (Å²) in [6.45, 7) is 3.00. The molecule has 0 bridgehead atoms. The van der Waals surface area contributed by atoms with Crippen LogP contribution >= 0.6 is 11.6 Å². The van der Waals surface area contributed by atoms with Crippen LogP contribution in [0.3, 0.4) is 0 Å². The zero-order valence-corrected chi connectivity index (χ0v) is 16.9. The van der Waals surface area contributed by atoms with E-state index < -0.39 is 11.8 Å². The third kappa shape index (κ3) is 3.23. The fourth-order valence-corrected chi connectivity index (χ4v) is 4.37. The predicted molar refractivity (Wildman–Crippen MR) is 110 cm³/mol. The van der Waals surface area contributed by atoms with Gasteiger partial charge in [0.25, 0.3) is 5.92 Å². The van der Waals surface area contributed by atoms with E-state index in [1.165, 1.54) is 0 Å². The first-order valence-electron chi connectivity index (χ1n) is 9.87. The van der Waals surface area contributed by atoms with Gasteiger partial charge in [0, 0.05) is 51.1 Å². The highest BCUT2D eigenvalue weighted by Crippen LogP contribution is 2.50. The number of pyridine rings is 1. The number of hydrogen-bond donors (Lipinski definition) is 0. The molecule has 1 aliphatic heterocycles. The number of anilines is 2. The third-order valence-corrected chi connectivity index (χ3v) is 6.26. The molecule has 1 saturated carbocycles. The molecule has 0 unspecified atom stereocenters. The van der Waals surface area contributed by atoms with Gasteiger partial charge < -0.3 is 9.80 Å². The van der Waals surface area contributed by atoms with Gasteiger partial charge in [-0.15, -0.1) is 10.2 Å². The van der Waals surface area contributed by atoms with Crippen LogP contribution in [0.5, 0.6) is 0 Å². The Hall–Kier alpha value is -2.92. The number of aromatic nitrogens is 3. The summed E-state index contributed by atoms with van der Waals surface area (Å²) in [6, 6.07) is 11.9. The van der Waals surface area contributed by atoms with Crippen LogP contribution in [-0.2, 0) is 6.42 Å². The summed E-state index contributed by atoms with van der Waals surface area (Å²) in [7, 11) is 0. The molecule has 1 aromatic carbocycles.